The van der Waals surface area contributed by atoms with Crippen molar-refractivity contribution in [1.29, 1.82) is 0 Å². The zero-order valence-corrected chi connectivity index (χ0v) is 11.9. The number of aromatic nitrogens is 4. The van der Waals surface area contributed by atoms with Gasteiger partial charge in [-0.2, -0.15) is 15.0 Å². The Morgan fingerprint density at radius 1 is 1.15 bits per heavy atom. The molecule has 0 fully saturated rings. The quantitative estimate of drug-likeness (QED) is 0.880. The van der Waals surface area contributed by atoms with Crippen LogP contribution in [0.15, 0.2) is 18.5 Å². The number of nitrogens with two attached hydrogens (primary N) is 1. The maximum Gasteiger partial charge on any atom is 0.230 e. The summed E-state index contributed by atoms with van der Waals surface area (Å²) < 4.78 is 5.15. The third-order valence-electron chi connectivity index (χ3n) is 2.89. The molecule has 2 rings (SSSR count). The molecule has 106 valence electrons. The van der Waals surface area contributed by atoms with Gasteiger partial charge in [0.05, 0.1) is 13.3 Å². The summed E-state index contributed by atoms with van der Waals surface area (Å²) in [5.74, 6) is 1.90. The number of hydrogen-bond acceptors (Lipinski definition) is 7. The summed E-state index contributed by atoms with van der Waals surface area (Å²) >= 11 is 0. The van der Waals surface area contributed by atoms with Crippen molar-refractivity contribution < 1.29 is 4.74 Å². The maximum absolute atomic E-state index is 5.77. The molecule has 7 nitrogen and oxygen atoms in total. The van der Waals surface area contributed by atoms with E-state index in [1.54, 1.807) is 19.5 Å². The van der Waals surface area contributed by atoms with Gasteiger partial charge in [-0.3, -0.25) is 4.98 Å². The first-order valence-electron chi connectivity index (χ1n) is 6.43. The predicted molar refractivity (Wildman–Crippen MR) is 77.6 cm³/mol. The van der Waals surface area contributed by atoms with Gasteiger partial charge >= 0.3 is 0 Å². The second-order valence-electron chi connectivity index (χ2n) is 4.10. The van der Waals surface area contributed by atoms with Crippen LogP contribution < -0.4 is 15.4 Å². The van der Waals surface area contributed by atoms with Crippen molar-refractivity contribution in [2.75, 3.05) is 30.8 Å². The average Bonchev–Trinajstić information content (AvgIpc) is 2.48. The second-order valence-corrected chi connectivity index (χ2v) is 4.10. The van der Waals surface area contributed by atoms with Crippen LogP contribution in [0.2, 0.25) is 0 Å². The largest absolute Gasteiger partial charge is 0.495 e. The summed E-state index contributed by atoms with van der Waals surface area (Å²) in [6, 6.07) is 1.81. The Morgan fingerprint density at radius 2 is 1.90 bits per heavy atom. The Hall–Kier alpha value is -2.44. The van der Waals surface area contributed by atoms with E-state index in [4.69, 9.17) is 10.5 Å². The van der Waals surface area contributed by atoms with Crippen LogP contribution in [0, 0.1) is 0 Å². The number of nitrogens with zero attached hydrogens (tertiary/aromatic N) is 5. The van der Waals surface area contributed by atoms with Crippen LogP contribution in [-0.2, 0) is 0 Å². The lowest BCUT2D eigenvalue weighted by molar-refractivity contribution is 0.413. The summed E-state index contributed by atoms with van der Waals surface area (Å²) in [7, 11) is 1.59. The minimum atomic E-state index is 0.194. The van der Waals surface area contributed by atoms with Crippen LogP contribution >= 0.6 is 0 Å². The van der Waals surface area contributed by atoms with Gasteiger partial charge in [-0.05, 0) is 19.9 Å². The van der Waals surface area contributed by atoms with Crippen molar-refractivity contribution in [1.82, 2.24) is 19.9 Å². The molecule has 0 unspecified atom stereocenters. The van der Waals surface area contributed by atoms with Crippen LogP contribution in [0.1, 0.15) is 13.8 Å². The molecule has 7 heteroatoms. The predicted octanol–water partition coefficient (Wildman–Crippen LogP) is 1.37. The Balaban J connectivity index is 2.45. The van der Waals surface area contributed by atoms with Gasteiger partial charge in [0.1, 0.15) is 5.75 Å². The first-order valence-corrected chi connectivity index (χ1v) is 6.43. The minimum Gasteiger partial charge on any atom is -0.495 e. The van der Waals surface area contributed by atoms with Crippen LogP contribution in [-0.4, -0.2) is 40.1 Å². The Bertz CT molecular complexity index is 585. The summed E-state index contributed by atoms with van der Waals surface area (Å²) in [5, 5.41) is 0. The molecule has 0 aliphatic rings. The number of nitrogen functional groups attached to an aromatic ring is 1. The molecule has 0 bridgehead atoms. The molecular formula is C13H18N6O. The van der Waals surface area contributed by atoms with E-state index >= 15 is 0 Å². The van der Waals surface area contributed by atoms with E-state index in [0.717, 1.165) is 18.7 Å². The van der Waals surface area contributed by atoms with E-state index in [1.165, 1.54) is 0 Å². The van der Waals surface area contributed by atoms with E-state index < -0.39 is 0 Å². The van der Waals surface area contributed by atoms with Gasteiger partial charge in [-0.15, -0.1) is 0 Å². The zero-order chi connectivity index (χ0) is 14.5. The van der Waals surface area contributed by atoms with Crippen molar-refractivity contribution >= 4 is 11.9 Å². The fraction of sp³-hybridized carbons (Fsp3) is 0.385. The van der Waals surface area contributed by atoms with E-state index in [2.05, 4.69) is 19.9 Å². The normalized spacial score (nSPS) is 10.3. The number of anilines is 2. The summed E-state index contributed by atoms with van der Waals surface area (Å²) in [4.78, 5) is 18.9. The fourth-order valence-corrected chi connectivity index (χ4v) is 1.81. The highest BCUT2D eigenvalue weighted by atomic mass is 16.5. The van der Waals surface area contributed by atoms with Gasteiger partial charge in [0.25, 0.3) is 0 Å². The molecule has 2 aromatic rings. The Morgan fingerprint density at radius 3 is 2.55 bits per heavy atom. The molecule has 2 heterocycles. The van der Waals surface area contributed by atoms with Gasteiger partial charge in [0.15, 0.2) is 5.82 Å². The number of hydrogen-bond donors (Lipinski definition) is 1. The van der Waals surface area contributed by atoms with Crippen LogP contribution in [0.3, 0.4) is 0 Å². The maximum atomic E-state index is 5.77. The van der Waals surface area contributed by atoms with Crippen LogP contribution in [0.4, 0.5) is 11.9 Å². The van der Waals surface area contributed by atoms with Crippen LogP contribution in [0.5, 0.6) is 5.75 Å². The van der Waals surface area contributed by atoms with Crippen molar-refractivity contribution in [3.05, 3.63) is 18.5 Å². The lowest BCUT2D eigenvalue weighted by Crippen LogP contribution is -2.25. The molecule has 0 amide bonds. The number of ether oxygens (including phenoxy) is 1. The number of pyridine rings is 1. The highest BCUT2D eigenvalue weighted by Crippen LogP contribution is 2.21. The first-order chi connectivity index (χ1) is 9.67. The third-order valence-corrected chi connectivity index (χ3v) is 2.89. The van der Waals surface area contributed by atoms with Crippen LogP contribution in [0.25, 0.3) is 11.4 Å². The molecule has 2 N–H and O–H groups in total. The van der Waals surface area contributed by atoms with Crippen molar-refractivity contribution in [3.8, 4) is 17.1 Å². The highest BCUT2D eigenvalue weighted by Gasteiger charge is 2.11. The monoisotopic (exact) mass is 274 g/mol. The fourth-order valence-electron chi connectivity index (χ4n) is 1.81. The SMILES string of the molecule is CCN(CC)c1nc(N)nc(-c2cncc(OC)c2)n1. The molecule has 0 spiro atoms. The van der Waals surface area contributed by atoms with Gasteiger partial charge < -0.3 is 15.4 Å². The van der Waals surface area contributed by atoms with E-state index in [9.17, 15) is 0 Å². The number of rotatable bonds is 5. The number of methoxy groups -OCH3 is 1. The average molecular weight is 274 g/mol. The molecule has 0 aliphatic heterocycles. The van der Waals surface area contributed by atoms with Crippen molar-refractivity contribution in [2.45, 2.75) is 13.8 Å². The lowest BCUT2D eigenvalue weighted by Gasteiger charge is -2.18. The molecule has 0 atom stereocenters. The van der Waals surface area contributed by atoms with E-state index in [1.807, 2.05) is 24.8 Å². The third kappa shape index (κ3) is 2.93. The van der Waals surface area contributed by atoms with Gasteiger partial charge in [0, 0.05) is 24.8 Å². The minimum absolute atomic E-state index is 0.194. The molecule has 0 aliphatic carbocycles. The van der Waals surface area contributed by atoms with E-state index in [0.29, 0.717) is 17.5 Å². The topological polar surface area (TPSA) is 90.1 Å². The molecule has 0 radical (unpaired) electrons. The summed E-state index contributed by atoms with van der Waals surface area (Å²) in [6.45, 7) is 5.68. The van der Waals surface area contributed by atoms with Gasteiger partial charge in [-0.1, -0.05) is 0 Å². The zero-order valence-electron chi connectivity index (χ0n) is 11.9. The highest BCUT2D eigenvalue weighted by molar-refractivity contribution is 5.58. The smallest absolute Gasteiger partial charge is 0.230 e. The standard InChI is InChI=1S/C13H18N6O/c1-4-19(5-2)13-17-11(16-12(14)18-13)9-6-10(20-3)8-15-7-9/h6-8H,4-5H2,1-3H3,(H2,14,16,17,18). The Kier molecular flexibility index (Phi) is 4.29. The summed E-state index contributed by atoms with van der Waals surface area (Å²) in [5.41, 5.74) is 6.52. The molecule has 2 aromatic heterocycles. The molecular weight excluding hydrogens is 256 g/mol. The molecule has 0 aromatic carbocycles. The molecule has 20 heavy (non-hydrogen) atoms. The van der Waals surface area contributed by atoms with Gasteiger partial charge in [-0.25, -0.2) is 0 Å². The molecule has 0 saturated carbocycles. The van der Waals surface area contributed by atoms with Gasteiger partial charge in [0.2, 0.25) is 11.9 Å². The Labute approximate surface area is 117 Å². The molecule has 0 saturated heterocycles. The van der Waals surface area contributed by atoms with Crippen molar-refractivity contribution in [3.63, 3.8) is 0 Å². The second kappa shape index (κ2) is 6.14. The van der Waals surface area contributed by atoms with E-state index in [-0.39, 0.29) is 5.95 Å². The summed E-state index contributed by atoms with van der Waals surface area (Å²) in [6.07, 6.45) is 3.29. The van der Waals surface area contributed by atoms with Crippen molar-refractivity contribution in [2.24, 2.45) is 0 Å². The first kappa shape index (κ1) is 14.0. The lowest BCUT2D eigenvalue weighted by atomic mass is 10.2.